The molecule has 0 fully saturated rings. The Morgan fingerprint density at radius 1 is 1.27 bits per heavy atom. The summed E-state index contributed by atoms with van der Waals surface area (Å²) in [7, 11) is 0. The first kappa shape index (κ1) is 22.0. The van der Waals surface area contributed by atoms with Crippen LogP contribution in [0.2, 0.25) is 0 Å². The number of hydrogen-bond acceptors (Lipinski definition) is 4. The number of amides is 1. The normalized spacial score (nSPS) is 10.8. The average molecular weight is 382 g/mol. The van der Waals surface area contributed by atoms with Gasteiger partial charge in [-0.05, 0) is 30.5 Å². The minimum absolute atomic E-state index is 0. The molecule has 0 saturated carbocycles. The van der Waals surface area contributed by atoms with Gasteiger partial charge in [0.15, 0.2) is 0 Å². The molecule has 0 radical (unpaired) electrons. The Balaban J connectivity index is 0.00000338. The lowest BCUT2D eigenvalue weighted by molar-refractivity contribution is 0.100. The molecule has 0 atom stereocenters. The summed E-state index contributed by atoms with van der Waals surface area (Å²) in [6.07, 6.45) is 1.89. The van der Waals surface area contributed by atoms with E-state index in [4.69, 9.17) is 16.2 Å². The molecular formula is C19H28ClN3O3. The van der Waals surface area contributed by atoms with E-state index in [2.05, 4.69) is 6.92 Å². The fraction of sp³-hybridized carbons (Fsp3) is 0.474. The zero-order chi connectivity index (χ0) is 18.6. The summed E-state index contributed by atoms with van der Waals surface area (Å²) in [4.78, 5) is 24.5. The van der Waals surface area contributed by atoms with Crippen molar-refractivity contribution in [1.82, 2.24) is 4.57 Å². The number of aromatic nitrogens is 1. The van der Waals surface area contributed by atoms with Crippen LogP contribution in [0.1, 0.15) is 49.7 Å². The topological polar surface area (TPSA) is 100 Å². The maximum Gasteiger partial charge on any atom is 0.258 e. The van der Waals surface area contributed by atoms with E-state index in [-0.39, 0.29) is 30.4 Å². The van der Waals surface area contributed by atoms with Crippen LogP contribution >= 0.6 is 12.4 Å². The lowest BCUT2D eigenvalue weighted by Gasteiger charge is -2.20. The number of rotatable bonds is 8. The van der Waals surface area contributed by atoms with Crippen LogP contribution in [0.25, 0.3) is 10.8 Å². The molecule has 0 aliphatic carbocycles. The molecule has 0 aliphatic rings. The maximum atomic E-state index is 12.9. The number of fused-ring (bicyclic) bond motifs is 1. The summed E-state index contributed by atoms with van der Waals surface area (Å²) in [5.74, 6) is 0.324. The second-order valence-corrected chi connectivity index (χ2v) is 6.62. The summed E-state index contributed by atoms with van der Waals surface area (Å²) >= 11 is 0. The Morgan fingerprint density at radius 3 is 2.50 bits per heavy atom. The quantitative estimate of drug-likeness (QED) is 0.686. The zero-order valence-electron chi connectivity index (χ0n) is 15.6. The highest BCUT2D eigenvalue weighted by molar-refractivity contribution is 5.99. The Kier molecular flexibility index (Phi) is 8.11. The molecule has 6 nitrogen and oxygen atoms in total. The molecule has 0 unspecified atom stereocenters. The first-order chi connectivity index (χ1) is 11.9. The van der Waals surface area contributed by atoms with Gasteiger partial charge in [0, 0.05) is 24.0 Å². The predicted octanol–water partition coefficient (Wildman–Crippen LogP) is 2.82. The Bertz CT molecular complexity index is 831. The third-order valence-electron chi connectivity index (χ3n) is 4.10. The molecule has 144 valence electrons. The number of nitrogens with zero attached hydrogens (tertiary/aromatic N) is 1. The highest BCUT2D eigenvalue weighted by Gasteiger charge is 2.19. The number of benzene rings is 1. The van der Waals surface area contributed by atoms with Gasteiger partial charge in [-0.2, -0.15) is 0 Å². The van der Waals surface area contributed by atoms with Crippen LogP contribution in [-0.4, -0.2) is 17.1 Å². The van der Waals surface area contributed by atoms with E-state index in [9.17, 15) is 9.59 Å². The van der Waals surface area contributed by atoms with E-state index in [1.165, 1.54) is 0 Å². The molecule has 1 heterocycles. The van der Waals surface area contributed by atoms with E-state index in [1.54, 1.807) is 22.8 Å². The molecule has 0 bridgehead atoms. The largest absolute Gasteiger partial charge is 0.491 e. The van der Waals surface area contributed by atoms with Crippen LogP contribution < -0.4 is 21.8 Å². The van der Waals surface area contributed by atoms with Crippen LogP contribution in [-0.2, 0) is 13.1 Å². The van der Waals surface area contributed by atoms with Crippen molar-refractivity contribution in [3.05, 3.63) is 39.8 Å². The standard InChI is InChI=1S/C19H27N3O3.ClH/c1-4-5-8-25-17-15-9-13(18(21)23)6-7-14(15)19(24)22(11-12(2)3)16(17)10-20;/h6-7,9,12H,4-5,8,10-11,20H2,1-3H3,(H2,21,23);1H. The molecule has 4 N–H and O–H groups in total. The van der Waals surface area contributed by atoms with Crippen molar-refractivity contribution in [2.75, 3.05) is 6.61 Å². The summed E-state index contributed by atoms with van der Waals surface area (Å²) < 4.78 is 7.69. The number of primary amides is 1. The summed E-state index contributed by atoms with van der Waals surface area (Å²) in [5.41, 5.74) is 12.2. The van der Waals surface area contributed by atoms with Crippen LogP contribution in [0.5, 0.6) is 5.75 Å². The minimum atomic E-state index is -0.540. The van der Waals surface area contributed by atoms with E-state index in [1.807, 2.05) is 13.8 Å². The molecule has 2 aromatic rings. The van der Waals surface area contributed by atoms with Crippen molar-refractivity contribution < 1.29 is 9.53 Å². The van der Waals surface area contributed by atoms with Crippen molar-refractivity contribution in [2.24, 2.45) is 17.4 Å². The number of pyridine rings is 1. The third kappa shape index (κ3) is 4.56. The number of carbonyl (C=O) groups excluding carboxylic acids is 1. The molecule has 2 rings (SSSR count). The summed E-state index contributed by atoms with van der Waals surface area (Å²) in [6.45, 7) is 7.44. The Hall–Kier alpha value is -2.05. The van der Waals surface area contributed by atoms with Crippen molar-refractivity contribution in [2.45, 2.75) is 46.7 Å². The summed E-state index contributed by atoms with van der Waals surface area (Å²) in [6, 6.07) is 4.84. The first-order valence-electron chi connectivity index (χ1n) is 8.72. The van der Waals surface area contributed by atoms with Gasteiger partial charge in [0.2, 0.25) is 5.91 Å². The molecule has 1 aromatic heterocycles. The smallest absolute Gasteiger partial charge is 0.258 e. The van der Waals surface area contributed by atoms with Crippen molar-refractivity contribution in [3.8, 4) is 5.75 Å². The van der Waals surface area contributed by atoms with Gasteiger partial charge in [-0.1, -0.05) is 27.2 Å². The van der Waals surface area contributed by atoms with Gasteiger partial charge in [-0.15, -0.1) is 12.4 Å². The minimum Gasteiger partial charge on any atom is -0.491 e. The van der Waals surface area contributed by atoms with Gasteiger partial charge in [0.1, 0.15) is 5.75 Å². The first-order valence-corrected chi connectivity index (χ1v) is 8.72. The third-order valence-corrected chi connectivity index (χ3v) is 4.10. The lowest BCUT2D eigenvalue weighted by atomic mass is 10.0. The monoisotopic (exact) mass is 381 g/mol. The van der Waals surface area contributed by atoms with E-state index < -0.39 is 5.91 Å². The molecule has 1 amide bonds. The molecule has 7 heteroatoms. The van der Waals surface area contributed by atoms with Crippen LogP contribution in [0.4, 0.5) is 0 Å². The van der Waals surface area contributed by atoms with E-state index >= 15 is 0 Å². The fourth-order valence-corrected chi connectivity index (χ4v) is 2.86. The lowest BCUT2D eigenvalue weighted by Crippen LogP contribution is -2.28. The van der Waals surface area contributed by atoms with Crippen molar-refractivity contribution in [1.29, 1.82) is 0 Å². The molecule has 1 aromatic carbocycles. The number of nitrogens with two attached hydrogens (primary N) is 2. The summed E-state index contributed by atoms with van der Waals surface area (Å²) in [5, 5.41) is 1.10. The van der Waals surface area contributed by atoms with E-state index in [0.717, 1.165) is 12.8 Å². The van der Waals surface area contributed by atoms with Gasteiger partial charge >= 0.3 is 0 Å². The highest BCUT2D eigenvalue weighted by atomic mass is 35.5. The highest BCUT2D eigenvalue weighted by Crippen LogP contribution is 2.29. The van der Waals surface area contributed by atoms with Gasteiger partial charge in [0.05, 0.1) is 17.7 Å². The predicted molar refractivity (Wildman–Crippen MR) is 107 cm³/mol. The Morgan fingerprint density at radius 2 is 1.96 bits per heavy atom. The van der Waals surface area contributed by atoms with E-state index in [0.29, 0.717) is 40.9 Å². The van der Waals surface area contributed by atoms with Gasteiger partial charge in [-0.3, -0.25) is 9.59 Å². The second-order valence-electron chi connectivity index (χ2n) is 6.62. The number of ether oxygens (including phenoxy) is 1. The molecule has 26 heavy (non-hydrogen) atoms. The van der Waals surface area contributed by atoms with Gasteiger partial charge in [0.25, 0.3) is 5.56 Å². The second kappa shape index (κ2) is 9.59. The number of carbonyl (C=O) groups is 1. The number of hydrogen-bond donors (Lipinski definition) is 2. The SMILES string of the molecule is CCCCOc1c(CN)n(CC(C)C)c(=O)c2ccc(C(N)=O)cc12.Cl. The average Bonchev–Trinajstić information content (AvgIpc) is 2.57. The van der Waals surface area contributed by atoms with Crippen LogP contribution in [0.15, 0.2) is 23.0 Å². The number of halogens is 1. The molecule has 0 saturated heterocycles. The van der Waals surface area contributed by atoms with Crippen molar-refractivity contribution in [3.63, 3.8) is 0 Å². The van der Waals surface area contributed by atoms with Crippen molar-refractivity contribution >= 4 is 29.1 Å². The zero-order valence-corrected chi connectivity index (χ0v) is 16.4. The van der Waals surface area contributed by atoms with Gasteiger partial charge in [-0.25, -0.2) is 0 Å². The fourth-order valence-electron chi connectivity index (χ4n) is 2.86. The molecule has 0 spiro atoms. The molecule has 0 aliphatic heterocycles. The Labute approximate surface area is 159 Å². The van der Waals surface area contributed by atoms with Crippen LogP contribution in [0.3, 0.4) is 0 Å². The van der Waals surface area contributed by atoms with Gasteiger partial charge < -0.3 is 20.8 Å². The molecular weight excluding hydrogens is 354 g/mol. The maximum absolute atomic E-state index is 12.9. The van der Waals surface area contributed by atoms with Crippen LogP contribution in [0, 0.1) is 5.92 Å². The number of unbranched alkanes of at least 4 members (excludes halogenated alkanes) is 1.